The van der Waals surface area contributed by atoms with E-state index in [1.54, 1.807) is 55.0 Å². The van der Waals surface area contributed by atoms with Crippen molar-refractivity contribution in [2.45, 2.75) is 38.6 Å². The highest BCUT2D eigenvalue weighted by Crippen LogP contribution is 2.23. The van der Waals surface area contributed by atoms with E-state index in [4.69, 9.17) is 12.6 Å². The largest absolute Gasteiger partial charge is 0.493 e. The average molecular weight is 526 g/mol. The highest BCUT2D eigenvalue weighted by molar-refractivity contribution is 5.94. The number of aromatic nitrogens is 2. The van der Waals surface area contributed by atoms with E-state index in [0.717, 1.165) is 17.5 Å². The predicted octanol–water partition coefficient (Wildman–Crippen LogP) is 6.05. The molecule has 39 heavy (non-hydrogen) atoms. The Morgan fingerprint density at radius 2 is 1.59 bits per heavy atom. The Morgan fingerprint density at radius 3 is 2.33 bits per heavy atom. The molecule has 0 aliphatic heterocycles. The lowest BCUT2D eigenvalue weighted by molar-refractivity contribution is -0.137. The summed E-state index contributed by atoms with van der Waals surface area (Å²) in [6.07, 6.45) is 7.06. The number of benzene rings is 2. The Labute approximate surface area is 231 Å². The Hall–Kier alpha value is -4.52. The monoisotopic (exact) mass is 525 g/mol. The van der Waals surface area contributed by atoms with Crippen LogP contribution in [0.3, 0.4) is 0 Å². The number of carboxylic acid groups (broad SMARTS) is 1. The second-order valence-electron chi connectivity index (χ2n) is 9.02. The normalized spacial score (nSPS) is 11.8. The van der Waals surface area contributed by atoms with Crippen molar-refractivity contribution in [3.05, 3.63) is 114 Å². The molecule has 2 aromatic heterocycles. The van der Waals surface area contributed by atoms with Gasteiger partial charge in [-0.2, -0.15) is 0 Å². The van der Waals surface area contributed by atoms with Crippen molar-refractivity contribution in [3.63, 3.8) is 0 Å². The number of unbranched alkanes of at least 4 members (excludes halogenated alkanes) is 2. The highest BCUT2D eigenvalue weighted by atomic mass is 16.5. The molecule has 4 rings (SSSR count). The molecule has 2 aromatic carbocycles. The van der Waals surface area contributed by atoms with Gasteiger partial charge in [-0.1, -0.05) is 36.4 Å². The van der Waals surface area contributed by atoms with Crippen LogP contribution in [0.1, 0.15) is 50.0 Å². The van der Waals surface area contributed by atoms with E-state index in [-0.39, 0.29) is 19.4 Å². The van der Waals surface area contributed by atoms with E-state index in [0.29, 0.717) is 42.0 Å². The number of carbonyl (C=O) groups is 2. The lowest BCUT2D eigenvalue weighted by Crippen LogP contribution is -2.32. The molecule has 7 nitrogen and oxygen atoms in total. The minimum Gasteiger partial charge on any atom is -0.493 e. The van der Waals surface area contributed by atoms with E-state index < -0.39 is 18.4 Å². The maximum absolute atomic E-state index is 13.9. The summed E-state index contributed by atoms with van der Waals surface area (Å²) in [6, 6.07) is 23.5. The van der Waals surface area contributed by atoms with Gasteiger partial charge in [-0.25, -0.2) is 0 Å². The third kappa shape index (κ3) is 8.50. The lowest BCUT2D eigenvalue weighted by atomic mass is 10.0. The molecule has 0 bridgehead atoms. The van der Waals surface area contributed by atoms with E-state index in [2.05, 4.69) is 9.97 Å². The molecular formula is C32H33N3O4. The molecule has 1 N–H and O–H groups in total. The van der Waals surface area contributed by atoms with Crippen molar-refractivity contribution in [3.8, 4) is 16.9 Å². The van der Waals surface area contributed by atoms with Crippen LogP contribution < -0.4 is 4.74 Å². The molecule has 0 atom stereocenters. The van der Waals surface area contributed by atoms with Crippen LogP contribution in [0, 0.1) is 0 Å². The first kappa shape index (κ1) is 24.8. The van der Waals surface area contributed by atoms with Crippen LogP contribution in [-0.4, -0.2) is 45.0 Å². The number of aliphatic carboxylic acids is 1. The Bertz CT molecular complexity index is 1420. The molecule has 1 amide bonds. The summed E-state index contributed by atoms with van der Waals surface area (Å²) in [5, 5.41) is 8.82. The van der Waals surface area contributed by atoms with Crippen molar-refractivity contribution in [2.24, 2.45) is 0 Å². The molecule has 0 aliphatic rings. The Kier molecular flexibility index (Phi) is 9.17. The van der Waals surface area contributed by atoms with Crippen LogP contribution >= 0.6 is 0 Å². The van der Waals surface area contributed by atoms with Gasteiger partial charge in [-0.05, 0) is 72.9 Å². The smallest absolute Gasteiger partial charge is 0.303 e. The summed E-state index contributed by atoms with van der Waals surface area (Å²) in [7, 11) is 0. The first-order valence-electron chi connectivity index (χ1n) is 14.0. The minimum absolute atomic E-state index is 0.0139. The van der Waals surface area contributed by atoms with Crippen LogP contribution in [0.5, 0.6) is 5.75 Å². The van der Waals surface area contributed by atoms with Crippen LogP contribution in [0.2, 0.25) is 0 Å². The van der Waals surface area contributed by atoms with E-state index in [1.807, 2.05) is 42.5 Å². The summed E-state index contributed by atoms with van der Waals surface area (Å²) in [5.41, 5.74) is 3.47. The van der Waals surface area contributed by atoms with E-state index in [1.165, 1.54) is 4.90 Å². The molecule has 4 aromatic rings. The Balaban J connectivity index is 1.56. The van der Waals surface area contributed by atoms with Gasteiger partial charge in [0, 0.05) is 64.0 Å². The molecule has 0 saturated heterocycles. The van der Waals surface area contributed by atoms with Gasteiger partial charge < -0.3 is 14.7 Å². The number of carbonyl (C=O) groups excluding carboxylic acids is 1. The fourth-order valence-electron chi connectivity index (χ4n) is 4.07. The van der Waals surface area contributed by atoms with E-state index in [9.17, 15) is 9.59 Å². The van der Waals surface area contributed by atoms with E-state index >= 15 is 0 Å². The summed E-state index contributed by atoms with van der Waals surface area (Å²) in [4.78, 5) is 34.2. The molecule has 0 radical (unpaired) electrons. The average Bonchev–Trinajstić information content (AvgIpc) is 2.98. The zero-order chi connectivity index (χ0) is 29.1. The number of para-hydroxylation sites is 1. The number of rotatable bonds is 14. The summed E-state index contributed by atoms with van der Waals surface area (Å²) in [5.74, 6) is -0.700. The first-order chi connectivity index (χ1) is 19.8. The molecule has 0 spiro atoms. The summed E-state index contributed by atoms with van der Waals surface area (Å²) < 4.78 is 24.0. The fraction of sp³-hybridized carbons (Fsp3) is 0.250. The number of ether oxygens (including phenoxy) is 1. The van der Waals surface area contributed by atoms with Crippen molar-refractivity contribution < 1.29 is 22.2 Å². The van der Waals surface area contributed by atoms with Crippen LogP contribution in [-0.2, 0) is 17.8 Å². The topological polar surface area (TPSA) is 92.6 Å². The number of carboxylic acids is 1. The van der Waals surface area contributed by atoms with Crippen LogP contribution in [0.4, 0.5) is 0 Å². The van der Waals surface area contributed by atoms with Crippen molar-refractivity contribution >= 4 is 11.9 Å². The third-order valence-electron chi connectivity index (χ3n) is 6.16. The van der Waals surface area contributed by atoms with Gasteiger partial charge in [0.25, 0.3) is 5.91 Å². The number of nitrogens with zero attached hydrogens (tertiary/aromatic N) is 3. The van der Waals surface area contributed by atoms with Gasteiger partial charge in [0.1, 0.15) is 5.75 Å². The summed E-state index contributed by atoms with van der Waals surface area (Å²) >= 11 is 0. The molecule has 7 heteroatoms. The van der Waals surface area contributed by atoms with Gasteiger partial charge >= 0.3 is 5.97 Å². The van der Waals surface area contributed by atoms with Gasteiger partial charge in [-0.15, -0.1) is 0 Å². The number of aryl methyl sites for hydroxylation is 1. The number of amides is 1. The molecular weight excluding hydrogens is 490 g/mol. The predicted molar refractivity (Wildman–Crippen MR) is 150 cm³/mol. The van der Waals surface area contributed by atoms with Crippen molar-refractivity contribution in [1.29, 1.82) is 0 Å². The van der Waals surface area contributed by atoms with Crippen LogP contribution in [0.15, 0.2) is 97.5 Å². The number of pyridine rings is 2. The van der Waals surface area contributed by atoms with Gasteiger partial charge in [-0.3, -0.25) is 19.6 Å². The third-order valence-corrected chi connectivity index (χ3v) is 6.16. The van der Waals surface area contributed by atoms with Crippen molar-refractivity contribution in [2.75, 3.05) is 13.1 Å². The quantitative estimate of drug-likeness (QED) is 0.201. The molecule has 0 unspecified atom stereocenters. The molecule has 0 fully saturated rings. The maximum Gasteiger partial charge on any atom is 0.303 e. The minimum atomic E-state index is -2.06. The fourth-order valence-corrected chi connectivity index (χ4v) is 4.07. The molecule has 0 aliphatic carbocycles. The Morgan fingerprint density at radius 1 is 0.846 bits per heavy atom. The zero-order valence-corrected chi connectivity index (χ0v) is 21.7. The molecule has 0 saturated carbocycles. The van der Waals surface area contributed by atoms with Crippen molar-refractivity contribution in [1.82, 2.24) is 14.9 Å². The first-order valence-corrected chi connectivity index (χ1v) is 13.0. The maximum atomic E-state index is 13.9. The zero-order valence-electron chi connectivity index (χ0n) is 23.7. The standard InChI is InChI=1S/C32H33N3O4/c36-31(37)11-2-1-7-23-39-30-10-4-3-8-28(30)24-35(22-18-29-9-5-6-19-34-29)32(38)27-14-12-25(13-15-27)26-16-20-33-21-17-26/h3-6,8-10,12-17,19-21H,1-2,7,11,18,22-24H2,(H,36,37)/i22D2. The number of hydrogen-bond acceptors (Lipinski definition) is 5. The summed E-state index contributed by atoms with van der Waals surface area (Å²) in [6.45, 7) is -1.68. The second kappa shape index (κ2) is 14.4. The van der Waals surface area contributed by atoms with Gasteiger partial charge in [0.15, 0.2) is 0 Å². The van der Waals surface area contributed by atoms with Crippen LogP contribution in [0.25, 0.3) is 11.1 Å². The molecule has 200 valence electrons. The second-order valence-corrected chi connectivity index (χ2v) is 9.02. The highest BCUT2D eigenvalue weighted by Gasteiger charge is 2.18. The SMILES string of the molecule is [2H]C([2H])(Cc1ccccn1)N(Cc1ccccc1OCCCCCC(=O)O)C(=O)c1ccc(-c2ccncc2)cc1. The molecule has 2 heterocycles. The number of hydrogen-bond donors (Lipinski definition) is 1. The lowest BCUT2D eigenvalue weighted by Gasteiger charge is -2.24. The van der Waals surface area contributed by atoms with Gasteiger partial charge in [0.2, 0.25) is 0 Å². The van der Waals surface area contributed by atoms with Gasteiger partial charge in [0.05, 0.1) is 6.61 Å².